The first kappa shape index (κ1) is 19.0. The summed E-state index contributed by atoms with van der Waals surface area (Å²) in [7, 11) is -3.42. The van der Waals surface area contributed by atoms with E-state index in [1.807, 2.05) is 24.0 Å². The molecule has 0 spiro atoms. The molecule has 1 aliphatic rings. The lowest BCUT2D eigenvalue weighted by molar-refractivity contribution is 0.266. The fourth-order valence-corrected chi connectivity index (χ4v) is 4.71. The maximum Gasteiger partial charge on any atom is 0.179 e. The van der Waals surface area contributed by atoms with Gasteiger partial charge in [0.25, 0.3) is 0 Å². The summed E-state index contributed by atoms with van der Waals surface area (Å²) < 4.78 is 52.6. The van der Waals surface area contributed by atoms with Crippen LogP contribution in [-0.4, -0.2) is 31.7 Å². The van der Waals surface area contributed by atoms with E-state index < -0.39 is 21.5 Å². The Labute approximate surface area is 153 Å². The fraction of sp³-hybridized carbons (Fsp3) is 0.400. The molecule has 0 amide bonds. The lowest BCUT2D eigenvalue weighted by Gasteiger charge is -2.22. The van der Waals surface area contributed by atoms with Crippen molar-refractivity contribution >= 4 is 9.84 Å². The molecule has 0 aliphatic heterocycles. The summed E-state index contributed by atoms with van der Waals surface area (Å²) in [6.07, 6.45) is 1.96. The lowest BCUT2D eigenvalue weighted by atomic mass is 10.2. The van der Waals surface area contributed by atoms with Gasteiger partial charge in [-0.25, -0.2) is 17.2 Å². The van der Waals surface area contributed by atoms with Crippen LogP contribution in [0.4, 0.5) is 8.78 Å². The van der Waals surface area contributed by atoms with Gasteiger partial charge in [-0.2, -0.15) is 0 Å². The van der Waals surface area contributed by atoms with E-state index in [0.29, 0.717) is 23.5 Å². The Kier molecular flexibility index (Phi) is 5.44. The number of hydrogen-bond acceptors (Lipinski definition) is 3. The Balaban J connectivity index is 1.73. The Morgan fingerprint density at radius 1 is 1.08 bits per heavy atom. The van der Waals surface area contributed by atoms with Crippen LogP contribution >= 0.6 is 0 Å². The fourth-order valence-electron chi connectivity index (χ4n) is 3.09. The van der Waals surface area contributed by atoms with E-state index >= 15 is 0 Å². The number of hydrogen-bond donors (Lipinski definition) is 0. The highest BCUT2D eigenvalue weighted by Gasteiger charge is 2.31. The zero-order valence-corrected chi connectivity index (χ0v) is 15.8. The van der Waals surface area contributed by atoms with Crippen LogP contribution in [0.2, 0.25) is 0 Å². The van der Waals surface area contributed by atoms with Crippen LogP contribution in [0.1, 0.15) is 29.5 Å². The molecule has 0 aromatic heterocycles. The minimum absolute atomic E-state index is 0.0173. The van der Waals surface area contributed by atoms with Crippen molar-refractivity contribution in [1.82, 2.24) is 4.90 Å². The standard InChI is InChI=1S/C20H23F2NO2S/c1-14-3-4-15(2)20(11-14)26(24,25)10-9-23(18-7-8-18)13-16-5-6-17(21)12-19(16)22/h3-6,11-12,18H,7-10,13H2,1-2H3. The summed E-state index contributed by atoms with van der Waals surface area (Å²) in [6, 6.07) is 9.21. The first-order valence-corrected chi connectivity index (χ1v) is 10.4. The SMILES string of the molecule is Cc1ccc(C)c(S(=O)(=O)CCN(Cc2ccc(F)cc2F)C2CC2)c1. The van der Waals surface area contributed by atoms with Gasteiger partial charge in [0.2, 0.25) is 0 Å². The van der Waals surface area contributed by atoms with E-state index in [4.69, 9.17) is 0 Å². The normalized spacial score (nSPS) is 14.8. The molecule has 26 heavy (non-hydrogen) atoms. The van der Waals surface area contributed by atoms with Crippen molar-refractivity contribution in [2.45, 2.75) is 44.2 Å². The van der Waals surface area contributed by atoms with Gasteiger partial charge >= 0.3 is 0 Å². The number of aryl methyl sites for hydroxylation is 2. The third kappa shape index (κ3) is 4.48. The number of benzene rings is 2. The molecule has 3 nitrogen and oxygen atoms in total. The number of halogens is 2. The molecule has 0 heterocycles. The molecule has 0 unspecified atom stereocenters. The van der Waals surface area contributed by atoms with Crippen LogP contribution in [0.25, 0.3) is 0 Å². The zero-order valence-electron chi connectivity index (χ0n) is 15.0. The minimum atomic E-state index is -3.42. The van der Waals surface area contributed by atoms with E-state index in [9.17, 15) is 17.2 Å². The van der Waals surface area contributed by atoms with Gasteiger partial charge in [-0.05, 0) is 49.9 Å². The minimum Gasteiger partial charge on any atom is -0.295 e. The van der Waals surface area contributed by atoms with Crippen molar-refractivity contribution in [3.8, 4) is 0 Å². The van der Waals surface area contributed by atoms with Gasteiger partial charge in [0.15, 0.2) is 9.84 Å². The van der Waals surface area contributed by atoms with Crippen LogP contribution < -0.4 is 0 Å². The molecule has 0 saturated heterocycles. The van der Waals surface area contributed by atoms with Crippen LogP contribution in [0.3, 0.4) is 0 Å². The highest BCUT2D eigenvalue weighted by molar-refractivity contribution is 7.91. The maximum atomic E-state index is 13.9. The van der Waals surface area contributed by atoms with Gasteiger partial charge in [-0.1, -0.05) is 18.2 Å². The number of sulfone groups is 1. The van der Waals surface area contributed by atoms with Crippen molar-refractivity contribution in [1.29, 1.82) is 0 Å². The van der Waals surface area contributed by atoms with Crippen molar-refractivity contribution in [3.05, 3.63) is 64.7 Å². The molecule has 2 aromatic rings. The third-order valence-electron chi connectivity index (χ3n) is 4.78. The second kappa shape index (κ2) is 7.45. The van der Waals surface area contributed by atoms with Crippen molar-refractivity contribution < 1.29 is 17.2 Å². The number of rotatable bonds is 7. The topological polar surface area (TPSA) is 37.4 Å². The highest BCUT2D eigenvalue weighted by Crippen LogP contribution is 2.29. The van der Waals surface area contributed by atoms with Crippen molar-refractivity contribution in [3.63, 3.8) is 0 Å². The highest BCUT2D eigenvalue weighted by atomic mass is 32.2. The largest absolute Gasteiger partial charge is 0.295 e. The van der Waals surface area contributed by atoms with Gasteiger partial charge in [0.1, 0.15) is 11.6 Å². The molecular weight excluding hydrogens is 356 g/mol. The predicted molar refractivity (Wildman–Crippen MR) is 97.8 cm³/mol. The van der Waals surface area contributed by atoms with E-state index in [2.05, 4.69) is 0 Å². The molecule has 0 atom stereocenters. The second-order valence-corrected chi connectivity index (χ2v) is 9.10. The molecule has 0 N–H and O–H groups in total. The average molecular weight is 379 g/mol. The summed E-state index contributed by atoms with van der Waals surface area (Å²) in [5.41, 5.74) is 2.03. The Bertz CT molecular complexity index is 908. The first-order valence-electron chi connectivity index (χ1n) is 8.74. The summed E-state index contributed by atoms with van der Waals surface area (Å²) in [4.78, 5) is 2.35. The molecule has 1 aliphatic carbocycles. The third-order valence-corrected chi connectivity index (χ3v) is 6.61. The molecule has 2 aromatic carbocycles. The van der Waals surface area contributed by atoms with E-state index in [0.717, 1.165) is 30.0 Å². The monoisotopic (exact) mass is 379 g/mol. The molecule has 1 saturated carbocycles. The summed E-state index contributed by atoms with van der Waals surface area (Å²) in [5, 5.41) is 0. The Morgan fingerprint density at radius 3 is 2.46 bits per heavy atom. The quantitative estimate of drug-likeness (QED) is 0.729. The average Bonchev–Trinajstić information content (AvgIpc) is 3.40. The summed E-state index contributed by atoms with van der Waals surface area (Å²) in [6.45, 7) is 4.28. The molecule has 0 radical (unpaired) electrons. The number of nitrogens with zero attached hydrogens (tertiary/aromatic N) is 1. The molecule has 3 rings (SSSR count). The molecule has 140 valence electrons. The Hall–Kier alpha value is -1.79. The Morgan fingerprint density at radius 2 is 1.81 bits per heavy atom. The van der Waals surface area contributed by atoms with Gasteiger partial charge < -0.3 is 0 Å². The molecule has 1 fully saturated rings. The van der Waals surface area contributed by atoms with E-state index in [1.54, 1.807) is 13.0 Å². The van der Waals surface area contributed by atoms with E-state index in [-0.39, 0.29) is 11.8 Å². The van der Waals surface area contributed by atoms with Crippen molar-refractivity contribution in [2.24, 2.45) is 0 Å². The smallest absolute Gasteiger partial charge is 0.179 e. The maximum absolute atomic E-state index is 13.9. The predicted octanol–water partition coefficient (Wildman–Crippen LogP) is 4.02. The molecular formula is C20H23F2NO2S. The second-order valence-electron chi connectivity index (χ2n) is 7.03. The van der Waals surface area contributed by atoms with Gasteiger partial charge in [0.05, 0.1) is 10.6 Å². The van der Waals surface area contributed by atoms with Crippen molar-refractivity contribution in [2.75, 3.05) is 12.3 Å². The lowest BCUT2D eigenvalue weighted by Crippen LogP contribution is -2.31. The van der Waals surface area contributed by atoms with Crippen LogP contribution in [0.5, 0.6) is 0 Å². The van der Waals surface area contributed by atoms with Crippen LogP contribution in [0.15, 0.2) is 41.3 Å². The van der Waals surface area contributed by atoms with Gasteiger partial charge in [0, 0.05) is 30.8 Å². The molecule has 0 bridgehead atoms. The first-order chi connectivity index (χ1) is 12.3. The van der Waals surface area contributed by atoms with E-state index in [1.165, 1.54) is 12.1 Å². The molecule has 6 heteroatoms. The van der Waals surface area contributed by atoms with Crippen LogP contribution in [-0.2, 0) is 16.4 Å². The summed E-state index contributed by atoms with van der Waals surface area (Å²) in [5.74, 6) is -1.22. The summed E-state index contributed by atoms with van der Waals surface area (Å²) >= 11 is 0. The van der Waals surface area contributed by atoms with Gasteiger partial charge in [-0.3, -0.25) is 4.90 Å². The zero-order chi connectivity index (χ0) is 18.9. The van der Waals surface area contributed by atoms with Crippen LogP contribution in [0, 0.1) is 25.5 Å². The van der Waals surface area contributed by atoms with Gasteiger partial charge in [-0.15, -0.1) is 0 Å².